The first-order chi connectivity index (χ1) is 8.65. The van der Waals surface area contributed by atoms with Gasteiger partial charge in [-0.15, -0.1) is 0 Å². The van der Waals surface area contributed by atoms with Crippen molar-refractivity contribution in [2.75, 3.05) is 6.61 Å². The van der Waals surface area contributed by atoms with Gasteiger partial charge < -0.3 is 4.74 Å². The highest BCUT2D eigenvalue weighted by molar-refractivity contribution is 5.74. The lowest BCUT2D eigenvalue weighted by Gasteiger charge is -2.08. The molecule has 0 saturated heterocycles. The summed E-state index contributed by atoms with van der Waals surface area (Å²) in [6, 6.07) is 5.08. The summed E-state index contributed by atoms with van der Waals surface area (Å²) in [5.41, 5.74) is 2.65. The summed E-state index contributed by atoms with van der Waals surface area (Å²) in [7, 11) is 0. The van der Waals surface area contributed by atoms with Crippen LogP contribution in [0.15, 0.2) is 18.2 Å². The molecule has 18 heavy (non-hydrogen) atoms. The van der Waals surface area contributed by atoms with Crippen molar-refractivity contribution in [1.82, 2.24) is 5.43 Å². The molecule has 0 aromatic heterocycles. The molecule has 0 spiro atoms. The number of unbranched alkanes of at least 4 members (excludes halogenated alkanes) is 2. The highest BCUT2D eigenvalue weighted by Gasteiger charge is 2.05. The highest BCUT2D eigenvalue weighted by atomic mass is 19.1. The Hall–Kier alpha value is -1.62. The largest absolute Gasteiger partial charge is 0.491 e. The molecule has 0 aliphatic carbocycles. The summed E-state index contributed by atoms with van der Waals surface area (Å²) < 4.78 is 18.9. The van der Waals surface area contributed by atoms with Crippen LogP contribution in [-0.2, 0) is 4.79 Å². The monoisotopic (exact) mass is 254 g/mol. The van der Waals surface area contributed by atoms with E-state index in [1.807, 2.05) is 0 Å². The van der Waals surface area contributed by atoms with Gasteiger partial charge in [0.15, 0.2) is 11.6 Å². The zero-order valence-corrected chi connectivity index (χ0v) is 10.5. The number of ether oxygens (including phenoxy) is 1. The minimum Gasteiger partial charge on any atom is -0.491 e. The fourth-order valence-corrected chi connectivity index (χ4v) is 1.55. The second-order valence-electron chi connectivity index (χ2n) is 4.11. The summed E-state index contributed by atoms with van der Waals surface area (Å²) in [5, 5.41) is 0. The quantitative estimate of drug-likeness (QED) is 0.339. The van der Waals surface area contributed by atoms with E-state index in [4.69, 9.17) is 10.6 Å². The van der Waals surface area contributed by atoms with Crippen molar-refractivity contribution in [3.8, 4) is 5.75 Å². The molecule has 0 fully saturated rings. The maximum atomic E-state index is 13.5. The molecule has 1 aromatic rings. The average Bonchev–Trinajstić information content (AvgIpc) is 2.38. The van der Waals surface area contributed by atoms with Gasteiger partial charge in [-0.2, -0.15) is 0 Å². The molecule has 0 radical (unpaired) electrons. The molecule has 100 valence electrons. The van der Waals surface area contributed by atoms with Gasteiger partial charge in [0.25, 0.3) is 0 Å². The van der Waals surface area contributed by atoms with Gasteiger partial charge >= 0.3 is 0 Å². The molecule has 0 heterocycles. The molecule has 0 atom stereocenters. The zero-order chi connectivity index (χ0) is 13.4. The SMILES string of the molecule is Cc1cccc(OCCCCCC(=O)NN)c1F. The minimum absolute atomic E-state index is 0.166. The van der Waals surface area contributed by atoms with Crippen LogP contribution in [0.4, 0.5) is 4.39 Å². The van der Waals surface area contributed by atoms with Crippen LogP contribution in [-0.4, -0.2) is 12.5 Å². The van der Waals surface area contributed by atoms with Crippen LogP contribution in [0.2, 0.25) is 0 Å². The first-order valence-corrected chi connectivity index (χ1v) is 6.02. The van der Waals surface area contributed by atoms with E-state index in [-0.39, 0.29) is 17.5 Å². The lowest BCUT2D eigenvalue weighted by atomic mass is 10.2. The second-order valence-corrected chi connectivity index (χ2v) is 4.11. The Morgan fingerprint density at radius 3 is 2.89 bits per heavy atom. The van der Waals surface area contributed by atoms with Crippen molar-refractivity contribution < 1.29 is 13.9 Å². The Kier molecular flexibility index (Phi) is 6.14. The van der Waals surface area contributed by atoms with Gasteiger partial charge in [0.2, 0.25) is 5.91 Å². The van der Waals surface area contributed by atoms with E-state index >= 15 is 0 Å². The number of nitrogens with two attached hydrogens (primary N) is 1. The minimum atomic E-state index is -0.306. The van der Waals surface area contributed by atoms with Crippen molar-refractivity contribution in [2.45, 2.75) is 32.6 Å². The average molecular weight is 254 g/mol. The van der Waals surface area contributed by atoms with Crippen molar-refractivity contribution in [3.05, 3.63) is 29.6 Å². The van der Waals surface area contributed by atoms with Gasteiger partial charge in [-0.3, -0.25) is 10.2 Å². The van der Waals surface area contributed by atoms with Crippen LogP contribution in [0.5, 0.6) is 5.75 Å². The first-order valence-electron chi connectivity index (χ1n) is 6.02. The topological polar surface area (TPSA) is 64.3 Å². The van der Waals surface area contributed by atoms with Crippen LogP contribution in [0.3, 0.4) is 0 Å². The molecule has 1 aromatic carbocycles. The molecule has 1 amide bonds. The Morgan fingerprint density at radius 2 is 2.17 bits per heavy atom. The number of hydrazine groups is 1. The predicted molar refractivity (Wildman–Crippen MR) is 67.4 cm³/mol. The molecule has 0 unspecified atom stereocenters. The number of carbonyl (C=O) groups is 1. The van der Waals surface area contributed by atoms with Gasteiger partial charge in [-0.05, 0) is 37.8 Å². The van der Waals surface area contributed by atoms with E-state index in [9.17, 15) is 9.18 Å². The summed E-state index contributed by atoms with van der Waals surface area (Å²) in [6.07, 6.45) is 2.80. The van der Waals surface area contributed by atoms with Crippen LogP contribution in [0, 0.1) is 12.7 Å². The van der Waals surface area contributed by atoms with Crippen molar-refractivity contribution in [2.24, 2.45) is 5.84 Å². The summed E-state index contributed by atoms with van der Waals surface area (Å²) in [6.45, 7) is 2.15. The van der Waals surface area contributed by atoms with Gasteiger partial charge in [-0.1, -0.05) is 12.1 Å². The van der Waals surface area contributed by atoms with Crippen LogP contribution >= 0.6 is 0 Å². The van der Waals surface area contributed by atoms with E-state index < -0.39 is 0 Å². The third-order valence-electron chi connectivity index (χ3n) is 2.62. The Labute approximate surface area is 106 Å². The van der Waals surface area contributed by atoms with Gasteiger partial charge in [0.1, 0.15) is 0 Å². The summed E-state index contributed by atoms with van der Waals surface area (Å²) in [5.74, 6) is 4.77. The van der Waals surface area contributed by atoms with Gasteiger partial charge in [-0.25, -0.2) is 10.2 Å². The van der Waals surface area contributed by atoms with E-state index in [1.165, 1.54) is 0 Å². The first kappa shape index (κ1) is 14.4. The molecular formula is C13H19FN2O2. The maximum Gasteiger partial charge on any atom is 0.233 e. The number of rotatable bonds is 7. The number of benzene rings is 1. The number of halogens is 1. The standard InChI is InChI=1S/C13H19FN2O2/c1-10-6-5-7-11(13(10)14)18-9-4-2-3-8-12(17)16-15/h5-7H,2-4,8-9,15H2,1H3,(H,16,17). The van der Waals surface area contributed by atoms with Gasteiger partial charge in [0, 0.05) is 6.42 Å². The molecule has 4 nitrogen and oxygen atoms in total. The van der Waals surface area contributed by atoms with E-state index in [2.05, 4.69) is 5.43 Å². The number of hydrogen-bond acceptors (Lipinski definition) is 3. The molecule has 0 saturated carbocycles. The third kappa shape index (κ3) is 4.71. The van der Waals surface area contributed by atoms with Gasteiger partial charge in [0.05, 0.1) is 6.61 Å². The molecule has 0 aliphatic rings. The number of hydrogen-bond donors (Lipinski definition) is 2. The van der Waals surface area contributed by atoms with Crippen molar-refractivity contribution >= 4 is 5.91 Å². The molecular weight excluding hydrogens is 235 g/mol. The normalized spacial score (nSPS) is 10.2. The Morgan fingerprint density at radius 1 is 1.39 bits per heavy atom. The fourth-order valence-electron chi connectivity index (χ4n) is 1.55. The number of amides is 1. The Bertz CT molecular complexity index is 397. The van der Waals surface area contributed by atoms with Crippen molar-refractivity contribution in [1.29, 1.82) is 0 Å². The lowest BCUT2D eigenvalue weighted by Crippen LogP contribution is -2.29. The molecule has 0 aliphatic heterocycles. The van der Waals surface area contributed by atoms with Crippen LogP contribution in [0.25, 0.3) is 0 Å². The molecule has 5 heteroatoms. The van der Waals surface area contributed by atoms with E-state index in [0.717, 1.165) is 19.3 Å². The number of aryl methyl sites for hydroxylation is 1. The zero-order valence-electron chi connectivity index (χ0n) is 10.5. The predicted octanol–water partition coefficient (Wildman–Crippen LogP) is 2.06. The highest BCUT2D eigenvalue weighted by Crippen LogP contribution is 2.19. The number of carbonyl (C=O) groups excluding carboxylic acids is 1. The smallest absolute Gasteiger partial charge is 0.233 e. The molecule has 3 N–H and O–H groups in total. The van der Waals surface area contributed by atoms with E-state index in [1.54, 1.807) is 25.1 Å². The third-order valence-corrected chi connectivity index (χ3v) is 2.62. The second kappa shape index (κ2) is 7.66. The van der Waals surface area contributed by atoms with Crippen LogP contribution < -0.4 is 16.0 Å². The summed E-state index contributed by atoms with van der Waals surface area (Å²) >= 11 is 0. The lowest BCUT2D eigenvalue weighted by molar-refractivity contribution is -0.121. The Balaban J connectivity index is 2.18. The summed E-state index contributed by atoms with van der Waals surface area (Å²) in [4.78, 5) is 10.8. The maximum absolute atomic E-state index is 13.5. The fraction of sp³-hybridized carbons (Fsp3) is 0.462. The molecule has 0 bridgehead atoms. The van der Waals surface area contributed by atoms with Crippen LogP contribution in [0.1, 0.15) is 31.2 Å². The molecule has 1 rings (SSSR count). The van der Waals surface area contributed by atoms with E-state index in [0.29, 0.717) is 18.6 Å². The number of nitrogens with one attached hydrogen (secondary N) is 1. The van der Waals surface area contributed by atoms with Crippen molar-refractivity contribution in [3.63, 3.8) is 0 Å².